The van der Waals surface area contributed by atoms with Crippen molar-refractivity contribution >= 4 is 0 Å². The SMILES string of the molecule is C=CCCOc1ccc([C@H](O)CC)cc1. The average molecular weight is 206 g/mol. The van der Waals surface area contributed by atoms with Crippen molar-refractivity contribution in [3.63, 3.8) is 0 Å². The number of benzene rings is 1. The third-order valence-corrected chi connectivity index (χ3v) is 2.24. The van der Waals surface area contributed by atoms with Gasteiger partial charge >= 0.3 is 0 Å². The molecular formula is C13H18O2. The lowest BCUT2D eigenvalue weighted by Crippen LogP contribution is -1.97. The normalized spacial score (nSPS) is 12.1. The van der Waals surface area contributed by atoms with Gasteiger partial charge in [-0.15, -0.1) is 6.58 Å². The predicted molar refractivity (Wildman–Crippen MR) is 62.0 cm³/mol. The number of hydrogen-bond acceptors (Lipinski definition) is 2. The standard InChI is InChI=1S/C13H18O2/c1-3-5-10-15-12-8-6-11(7-9-12)13(14)4-2/h3,6-9,13-14H,1,4-5,10H2,2H3/t13-/m1/s1. The zero-order valence-electron chi connectivity index (χ0n) is 9.15. The summed E-state index contributed by atoms with van der Waals surface area (Å²) in [6, 6.07) is 7.57. The van der Waals surface area contributed by atoms with E-state index >= 15 is 0 Å². The van der Waals surface area contributed by atoms with Gasteiger partial charge in [-0.2, -0.15) is 0 Å². The van der Waals surface area contributed by atoms with Crippen molar-refractivity contribution in [3.8, 4) is 5.75 Å². The van der Waals surface area contributed by atoms with E-state index in [1.54, 1.807) is 0 Å². The van der Waals surface area contributed by atoms with Gasteiger partial charge in [0.05, 0.1) is 12.7 Å². The molecule has 1 N–H and O–H groups in total. The number of aliphatic hydroxyl groups excluding tert-OH is 1. The van der Waals surface area contributed by atoms with Crippen LogP contribution >= 0.6 is 0 Å². The second kappa shape index (κ2) is 6.25. The fourth-order valence-corrected chi connectivity index (χ4v) is 1.28. The van der Waals surface area contributed by atoms with Crippen LogP contribution in [-0.4, -0.2) is 11.7 Å². The molecule has 0 amide bonds. The van der Waals surface area contributed by atoms with Crippen molar-refractivity contribution in [1.29, 1.82) is 0 Å². The quantitative estimate of drug-likeness (QED) is 0.572. The van der Waals surface area contributed by atoms with Gasteiger partial charge in [0.2, 0.25) is 0 Å². The summed E-state index contributed by atoms with van der Waals surface area (Å²) < 4.78 is 5.46. The molecule has 15 heavy (non-hydrogen) atoms. The smallest absolute Gasteiger partial charge is 0.119 e. The summed E-state index contributed by atoms with van der Waals surface area (Å²) in [4.78, 5) is 0. The van der Waals surface area contributed by atoms with Gasteiger partial charge < -0.3 is 9.84 Å². The summed E-state index contributed by atoms with van der Waals surface area (Å²) in [6.07, 6.45) is 3.04. The largest absolute Gasteiger partial charge is 0.493 e. The van der Waals surface area contributed by atoms with Gasteiger partial charge in [-0.1, -0.05) is 25.1 Å². The van der Waals surface area contributed by atoms with Gasteiger partial charge in [0, 0.05) is 0 Å². The lowest BCUT2D eigenvalue weighted by molar-refractivity contribution is 0.173. The van der Waals surface area contributed by atoms with Gasteiger partial charge in [-0.25, -0.2) is 0 Å². The Morgan fingerprint density at radius 2 is 2.07 bits per heavy atom. The maximum Gasteiger partial charge on any atom is 0.119 e. The van der Waals surface area contributed by atoms with Crippen LogP contribution < -0.4 is 4.74 Å². The van der Waals surface area contributed by atoms with E-state index in [1.165, 1.54) is 0 Å². The van der Waals surface area contributed by atoms with E-state index in [0.717, 1.165) is 24.2 Å². The van der Waals surface area contributed by atoms with E-state index in [4.69, 9.17) is 4.74 Å². The Morgan fingerprint density at radius 1 is 1.40 bits per heavy atom. The molecule has 0 aromatic heterocycles. The molecule has 2 heteroatoms. The van der Waals surface area contributed by atoms with Crippen LogP contribution in [0, 0.1) is 0 Å². The lowest BCUT2D eigenvalue weighted by Gasteiger charge is -2.09. The maximum atomic E-state index is 9.58. The van der Waals surface area contributed by atoms with Gasteiger partial charge in [-0.3, -0.25) is 0 Å². The molecular weight excluding hydrogens is 188 g/mol. The molecule has 0 spiro atoms. The van der Waals surface area contributed by atoms with E-state index in [1.807, 2.05) is 37.3 Å². The summed E-state index contributed by atoms with van der Waals surface area (Å²) in [5.41, 5.74) is 0.938. The highest BCUT2D eigenvalue weighted by atomic mass is 16.5. The van der Waals surface area contributed by atoms with Crippen LogP contribution in [0.4, 0.5) is 0 Å². The Hall–Kier alpha value is -1.28. The van der Waals surface area contributed by atoms with Crippen LogP contribution in [-0.2, 0) is 0 Å². The minimum Gasteiger partial charge on any atom is -0.493 e. The highest BCUT2D eigenvalue weighted by molar-refractivity contribution is 5.28. The van der Waals surface area contributed by atoms with Crippen LogP contribution in [0.2, 0.25) is 0 Å². The molecule has 1 aromatic carbocycles. The van der Waals surface area contributed by atoms with Gasteiger partial charge in [0.1, 0.15) is 5.75 Å². The topological polar surface area (TPSA) is 29.5 Å². The van der Waals surface area contributed by atoms with Crippen LogP contribution in [0.25, 0.3) is 0 Å². The zero-order chi connectivity index (χ0) is 11.1. The number of ether oxygens (including phenoxy) is 1. The first-order chi connectivity index (χ1) is 7.27. The van der Waals surface area contributed by atoms with E-state index in [-0.39, 0.29) is 6.10 Å². The molecule has 0 radical (unpaired) electrons. The average Bonchev–Trinajstić information content (AvgIpc) is 2.29. The first-order valence-corrected chi connectivity index (χ1v) is 5.29. The van der Waals surface area contributed by atoms with Crippen molar-refractivity contribution < 1.29 is 9.84 Å². The summed E-state index contributed by atoms with van der Waals surface area (Å²) in [5, 5.41) is 9.58. The first-order valence-electron chi connectivity index (χ1n) is 5.29. The Kier molecular flexibility index (Phi) is 4.91. The van der Waals surface area contributed by atoms with Crippen LogP contribution in [0.1, 0.15) is 31.4 Å². The molecule has 0 saturated carbocycles. The minimum atomic E-state index is -0.368. The molecule has 0 unspecified atom stereocenters. The second-order valence-electron chi connectivity index (χ2n) is 3.42. The van der Waals surface area contributed by atoms with E-state index < -0.39 is 0 Å². The molecule has 82 valence electrons. The summed E-state index contributed by atoms with van der Waals surface area (Å²) in [7, 11) is 0. The Balaban J connectivity index is 2.52. The van der Waals surface area contributed by atoms with Crippen molar-refractivity contribution in [3.05, 3.63) is 42.5 Å². The fraction of sp³-hybridized carbons (Fsp3) is 0.385. The van der Waals surface area contributed by atoms with Gasteiger partial charge in [0.15, 0.2) is 0 Å². The fourth-order valence-electron chi connectivity index (χ4n) is 1.28. The summed E-state index contributed by atoms with van der Waals surface area (Å²) >= 11 is 0. The van der Waals surface area contributed by atoms with E-state index in [9.17, 15) is 5.11 Å². The molecule has 1 rings (SSSR count). The molecule has 0 heterocycles. The summed E-state index contributed by atoms with van der Waals surface area (Å²) in [6.45, 7) is 6.24. The molecule has 1 atom stereocenters. The number of aliphatic hydroxyl groups is 1. The second-order valence-corrected chi connectivity index (χ2v) is 3.42. The Labute approximate surface area is 91.2 Å². The molecule has 2 nitrogen and oxygen atoms in total. The van der Waals surface area contributed by atoms with Crippen molar-refractivity contribution in [1.82, 2.24) is 0 Å². The summed E-state index contributed by atoms with van der Waals surface area (Å²) in [5.74, 6) is 0.837. The van der Waals surface area contributed by atoms with Crippen molar-refractivity contribution in [2.24, 2.45) is 0 Å². The van der Waals surface area contributed by atoms with Crippen molar-refractivity contribution in [2.75, 3.05) is 6.61 Å². The van der Waals surface area contributed by atoms with Gasteiger partial charge in [-0.05, 0) is 30.5 Å². The highest BCUT2D eigenvalue weighted by Gasteiger charge is 2.03. The molecule has 0 fully saturated rings. The number of rotatable bonds is 6. The molecule has 1 aromatic rings. The predicted octanol–water partition coefficient (Wildman–Crippen LogP) is 3.08. The van der Waals surface area contributed by atoms with Gasteiger partial charge in [0.25, 0.3) is 0 Å². The Morgan fingerprint density at radius 3 is 2.60 bits per heavy atom. The Bertz CT molecular complexity index is 290. The maximum absolute atomic E-state index is 9.58. The van der Waals surface area contributed by atoms with Crippen LogP contribution in [0.5, 0.6) is 5.75 Å². The third-order valence-electron chi connectivity index (χ3n) is 2.24. The highest BCUT2D eigenvalue weighted by Crippen LogP contribution is 2.19. The monoisotopic (exact) mass is 206 g/mol. The molecule has 0 aliphatic heterocycles. The van der Waals surface area contributed by atoms with Crippen LogP contribution in [0.3, 0.4) is 0 Å². The molecule has 0 saturated heterocycles. The van der Waals surface area contributed by atoms with E-state index in [0.29, 0.717) is 6.61 Å². The third kappa shape index (κ3) is 3.76. The molecule has 0 aliphatic rings. The number of hydrogen-bond donors (Lipinski definition) is 1. The van der Waals surface area contributed by atoms with E-state index in [2.05, 4.69) is 6.58 Å². The van der Waals surface area contributed by atoms with Crippen LogP contribution in [0.15, 0.2) is 36.9 Å². The molecule has 0 aliphatic carbocycles. The lowest BCUT2D eigenvalue weighted by atomic mass is 10.1. The molecule has 0 bridgehead atoms. The first kappa shape index (κ1) is 11.8. The van der Waals surface area contributed by atoms with Crippen molar-refractivity contribution in [2.45, 2.75) is 25.9 Å². The minimum absolute atomic E-state index is 0.368. The zero-order valence-corrected chi connectivity index (χ0v) is 9.15.